The minimum Gasteiger partial charge on any atom is -0.396 e. The molecular formula is C7H15O3SSi. The van der Waals surface area contributed by atoms with E-state index in [0.29, 0.717) is 6.42 Å². The van der Waals surface area contributed by atoms with Crippen LogP contribution in [0.3, 0.4) is 0 Å². The molecule has 0 rings (SSSR count). The first kappa shape index (κ1) is 12.2. The molecule has 0 aromatic rings. The van der Waals surface area contributed by atoms with Crippen molar-refractivity contribution in [2.45, 2.75) is 25.3 Å². The summed E-state index contributed by atoms with van der Waals surface area (Å²) >= 11 is 3.83. The highest BCUT2D eigenvalue weighted by atomic mass is 32.1. The molecule has 0 saturated heterocycles. The van der Waals surface area contributed by atoms with Crippen LogP contribution in [0.25, 0.3) is 0 Å². The lowest BCUT2D eigenvalue weighted by Gasteiger charge is -2.27. The summed E-state index contributed by atoms with van der Waals surface area (Å²) in [5.74, 6) is 0. The van der Waals surface area contributed by atoms with Crippen LogP contribution in [0.4, 0.5) is 0 Å². The van der Waals surface area contributed by atoms with Crippen LogP contribution in [-0.2, 0) is 13.6 Å². The zero-order valence-corrected chi connectivity index (χ0v) is 9.77. The molecule has 1 radical (unpaired) electrons. The van der Waals surface area contributed by atoms with E-state index in [1.807, 2.05) is 13.8 Å². The van der Waals surface area contributed by atoms with Crippen LogP contribution in [0.2, 0.25) is 5.04 Å². The molecule has 0 aliphatic heterocycles. The molecule has 0 N–H and O–H groups in total. The number of rotatable bonds is 5. The lowest BCUT2D eigenvalue weighted by molar-refractivity contribution is -0.113. The maximum atomic E-state index is 11.2. The molecule has 12 heavy (non-hydrogen) atoms. The third-order valence-corrected chi connectivity index (χ3v) is 4.93. The van der Waals surface area contributed by atoms with Crippen molar-refractivity contribution in [1.29, 1.82) is 0 Å². The van der Waals surface area contributed by atoms with Crippen molar-refractivity contribution >= 4 is 27.0 Å². The Hall–Kier alpha value is 0.157. The first-order chi connectivity index (χ1) is 5.52. The standard InChI is InChI=1S/C7H15O3SSi/c1-5-7(2,6(8)11)12(9-3)10-4/h5H2,1-4H3,(H,8,11). The summed E-state index contributed by atoms with van der Waals surface area (Å²) in [5.41, 5.74) is 0. The van der Waals surface area contributed by atoms with Crippen molar-refractivity contribution in [2.24, 2.45) is 0 Å². The van der Waals surface area contributed by atoms with E-state index in [9.17, 15) is 4.79 Å². The Labute approximate surface area is 80.7 Å². The Morgan fingerprint density at radius 3 is 2.00 bits per heavy atom. The molecule has 5 heteroatoms. The molecule has 0 heterocycles. The fourth-order valence-corrected chi connectivity index (χ4v) is 2.88. The molecule has 0 spiro atoms. The van der Waals surface area contributed by atoms with E-state index in [1.54, 1.807) is 14.2 Å². The van der Waals surface area contributed by atoms with Gasteiger partial charge in [-0.05, 0) is 13.3 Å². The Bertz CT molecular complexity index is 161. The fourth-order valence-electron chi connectivity index (χ4n) is 0.917. The van der Waals surface area contributed by atoms with E-state index in [0.717, 1.165) is 0 Å². The number of hydrogen-bond acceptors (Lipinski definition) is 3. The minimum absolute atomic E-state index is 0.164. The van der Waals surface area contributed by atoms with Crippen molar-refractivity contribution in [1.82, 2.24) is 0 Å². The fraction of sp³-hybridized carbons (Fsp3) is 0.857. The van der Waals surface area contributed by atoms with Crippen LogP contribution >= 0.6 is 12.6 Å². The SMILES string of the molecule is CCC(C)(C(=O)S)[Si](OC)OC. The summed E-state index contributed by atoms with van der Waals surface area (Å²) < 4.78 is 10.3. The van der Waals surface area contributed by atoms with Gasteiger partial charge in [0.2, 0.25) is 0 Å². The third-order valence-electron chi connectivity index (χ3n) is 2.00. The zero-order valence-electron chi connectivity index (χ0n) is 7.88. The molecule has 0 saturated carbocycles. The number of carbonyl (C=O) groups is 1. The first-order valence-electron chi connectivity index (χ1n) is 3.71. The third kappa shape index (κ3) is 2.32. The lowest BCUT2D eigenvalue weighted by atomic mass is 10.1. The topological polar surface area (TPSA) is 35.5 Å². The lowest BCUT2D eigenvalue weighted by Crippen LogP contribution is -2.38. The second-order valence-electron chi connectivity index (χ2n) is 2.69. The van der Waals surface area contributed by atoms with E-state index in [1.165, 1.54) is 0 Å². The van der Waals surface area contributed by atoms with Gasteiger partial charge in [0.25, 0.3) is 0 Å². The van der Waals surface area contributed by atoms with E-state index in [4.69, 9.17) is 8.85 Å². The number of thiol groups is 1. The molecule has 0 aromatic carbocycles. The molecule has 0 bridgehead atoms. The maximum Gasteiger partial charge on any atom is 0.399 e. The van der Waals surface area contributed by atoms with Gasteiger partial charge >= 0.3 is 9.28 Å². The summed E-state index contributed by atoms with van der Waals surface area (Å²) in [6.45, 7) is 3.75. The quantitative estimate of drug-likeness (QED) is 0.547. The highest BCUT2D eigenvalue weighted by Gasteiger charge is 2.43. The molecule has 0 amide bonds. The Morgan fingerprint density at radius 2 is 1.92 bits per heavy atom. The first-order valence-corrected chi connectivity index (χ1v) is 5.48. The van der Waals surface area contributed by atoms with Crippen molar-refractivity contribution in [3.05, 3.63) is 0 Å². The Morgan fingerprint density at radius 1 is 1.50 bits per heavy atom. The second-order valence-corrected chi connectivity index (χ2v) is 5.59. The maximum absolute atomic E-state index is 11.2. The van der Waals surface area contributed by atoms with Crippen LogP contribution < -0.4 is 0 Å². The van der Waals surface area contributed by atoms with Gasteiger partial charge in [0.05, 0.1) is 5.04 Å². The highest BCUT2D eigenvalue weighted by molar-refractivity contribution is 7.97. The van der Waals surface area contributed by atoms with Gasteiger partial charge in [-0.15, -0.1) is 12.6 Å². The van der Waals surface area contributed by atoms with Gasteiger partial charge in [0.15, 0.2) is 5.12 Å². The van der Waals surface area contributed by atoms with Gasteiger partial charge in [-0.3, -0.25) is 4.79 Å². The predicted molar refractivity (Wildman–Crippen MR) is 52.4 cm³/mol. The van der Waals surface area contributed by atoms with Gasteiger partial charge in [0, 0.05) is 14.2 Å². The number of hydrogen-bond donors (Lipinski definition) is 1. The van der Waals surface area contributed by atoms with E-state index < -0.39 is 14.3 Å². The van der Waals surface area contributed by atoms with E-state index in [-0.39, 0.29) is 5.12 Å². The molecule has 1 unspecified atom stereocenters. The summed E-state index contributed by atoms with van der Waals surface area (Å²) in [6.07, 6.45) is 0.686. The molecule has 3 nitrogen and oxygen atoms in total. The monoisotopic (exact) mass is 207 g/mol. The summed E-state index contributed by atoms with van der Waals surface area (Å²) in [5, 5.41) is -0.723. The van der Waals surface area contributed by atoms with Crippen LogP contribution in [0.15, 0.2) is 0 Å². The zero-order chi connectivity index (χ0) is 9.78. The van der Waals surface area contributed by atoms with Gasteiger partial charge in [-0.2, -0.15) is 0 Å². The van der Waals surface area contributed by atoms with Gasteiger partial charge < -0.3 is 8.85 Å². The van der Waals surface area contributed by atoms with Crippen molar-refractivity contribution in [2.75, 3.05) is 14.2 Å². The van der Waals surface area contributed by atoms with Crippen LogP contribution in [0.1, 0.15) is 20.3 Å². The smallest absolute Gasteiger partial charge is 0.396 e. The average molecular weight is 207 g/mol. The van der Waals surface area contributed by atoms with Crippen molar-refractivity contribution in [3.8, 4) is 0 Å². The Kier molecular flexibility index (Phi) is 5.08. The normalized spacial score (nSPS) is 16.2. The largest absolute Gasteiger partial charge is 0.399 e. The van der Waals surface area contributed by atoms with Gasteiger partial charge in [-0.25, -0.2) is 0 Å². The highest BCUT2D eigenvalue weighted by Crippen LogP contribution is 2.36. The van der Waals surface area contributed by atoms with Gasteiger partial charge in [0.1, 0.15) is 0 Å². The van der Waals surface area contributed by atoms with E-state index >= 15 is 0 Å². The molecule has 0 fully saturated rings. The van der Waals surface area contributed by atoms with Crippen molar-refractivity contribution < 1.29 is 13.6 Å². The molecule has 71 valence electrons. The average Bonchev–Trinajstić information content (AvgIpc) is 2.05. The molecular weight excluding hydrogens is 192 g/mol. The summed E-state index contributed by atoms with van der Waals surface area (Å²) in [7, 11) is 1.58. The predicted octanol–water partition coefficient (Wildman–Crippen LogP) is 1.39. The Balaban J connectivity index is 4.58. The summed E-state index contributed by atoms with van der Waals surface area (Å²) in [6, 6.07) is 0. The minimum atomic E-state index is -1.54. The van der Waals surface area contributed by atoms with Gasteiger partial charge in [-0.1, -0.05) is 6.92 Å². The number of carbonyl (C=O) groups excluding carboxylic acids is 1. The van der Waals surface area contributed by atoms with Crippen LogP contribution in [-0.4, -0.2) is 28.6 Å². The summed E-state index contributed by atoms with van der Waals surface area (Å²) in [4.78, 5) is 11.2. The van der Waals surface area contributed by atoms with E-state index in [2.05, 4.69) is 12.6 Å². The van der Waals surface area contributed by atoms with Crippen molar-refractivity contribution in [3.63, 3.8) is 0 Å². The molecule has 0 aromatic heterocycles. The molecule has 0 aliphatic rings. The van der Waals surface area contributed by atoms with Crippen LogP contribution in [0, 0.1) is 0 Å². The molecule has 0 aliphatic carbocycles. The molecule has 1 atom stereocenters. The second kappa shape index (κ2) is 5.01. The van der Waals surface area contributed by atoms with Crippen LogP contribution in [0.5, 0.6) is 0 Å².